The molecule has 1 aromatic heterocycles. The van der Waals surface area contributed by atoms with Gasteiger partial charge < -0.3 is 0 Å². The van der Waals surface area contributed by atoms with Crippen LogP contribution >= 0.6 is 23.2 Å². The number of pyridine rings is 1. The molecular formula is C12H8Cl2F3N. The van der Waals surface area contributed by atoms with Crippen LogP contribution < -0.4 is 0 Å². The molecule has 0 saturated heterocycles. The minimum absolute atomic E-state index is 0.0621. The van der Waals surface area contributed by atoms with E-state index in [2.05, 4.69) is 4.98 Å². The summed E-state index contributed by atoms with van der Waals surface area (Å²) < 4.78 is 38.3. The van der Waals surface area contributed by atoms with Crippen LogP contribution in [0.1, 0.15) is 16.8 Å². The van der Waals surface area contributed by atoms with E-state index in [4.69, 9.17) is 23.2 Å². The molecule has 0 aliphatic rings. The van der Waals surface area contributed by atoms with Gasteiger partial charge in [0.15, 0.2) is 0 Å². The van der Waals surface area contributed by atoms with Crippen LogP contribution in [-0.4, -0.2) is 4.98 Å². The first kappa shape index (κ1) is 13.4. The lowest BCUT2D eigenvalue weighted by atomic mass is 10.1. The lowest BCUT2D eigenvalue weighted by molar-refractivity contribution is -0.141. The van der Waals surface area contributed by atoms with Crippen molar-refractivity contribution >= 4 is 34.1 Å². The molecule has 0 N–H and O–H groups in total. The number of aryl methyl sites for hydroxylation is 1. The van der Waals surface area contributed by atoms with E-state index in [1.165, 1.54) is 13.0 Å². The average molecular weight is 294 g/mol. The smallest absolute Gasteiger partial charge is 0.243 e. The van der Waals surface area contributed by atoms with Gasteiger partial charge in [-0.25, -0.2) is 4.98 Å². The van der Waals surface area contributed by atoms with E-state index in [-0.39, 0.29) is 16.1 Å². The fourth-order valence-corrected chi connectivity index (χ4v) is 2.12. The Kier molecular flexibility index (Phi) is 3.19. The van der Waals surface area contributed by atoms with Crippen LogP contribution in [0.2, 0.25) is 10.0 Å². The first-order valence-corrected chi connectivity index (χ1v) is 5.80. The third-order valence-electron chi connectivity index (χ3n) is 2.70. The predicted octanol–water partition coefficient (Wildman–Crippen LogP) is 5.18. The Morgan fingerprint density at radius 1 is 1.11 bits per heavy atom. The summed E-state index contributed by atoms with van der Waals surface area (Å²) in [4.78, 5) is 3.61. The molecule has 2 rings (SSSR count). The van der Waals surface area contributed by atoms with Gasteiger partial charge in [-0.3, -0.25) is 0 Å². The molecule has 0 aliphatic heterocycles. The third kappa shape index (κ3) is 2.15. The number of hydrogen-bond acceptors (Lipinski definition) is 1. The van der Waals surface area contributed by atoms with Gasteiger partial charge in [-0.15, -0.1) is 0 Å². The number of rotatable bonds is 0. The number of fused-ring (bicyclic) bond motifs is 1. The van der Waals surface area contributed by atoms with Gasteiger partial charge in [0.2, 0.25) is 0 Å². The van der Waals surface area contributed by atoms with Crippen LogP contribution in [0.4, 0.5) is 13.2 Å². The second-order valence-corrected chi connectivity index (χ2v) is 4.80. The lowest BCUT2D eigenvalue weighted by Gasteiger charge is -2.13. The monoisotopic (exact) mass is 293 g/mol. The molecular weight excluding hydrogens is 286 g/mol. The van der Waals surface area contributed by atoms with Crippen molar-refractivity contribution in [3.05, 3.63) is 39.0 Å². The molecule has 0 radical (unpaired) electrons. The van der Waals surface area contributed by atoms with Crippen molar-refractivity contribution < 1.29 is 13.2 Å². The summed E-state index contributed by atoms with van der Waals surface area (Å²) in [6, 6.07) is 3.03. The molecule has 0 unspecified atom stereocenters. The number of hydrogen-bond donors (Lipinski definition) is 0. The molecule has 1 nitrogen and oxygen atoms in total. The van der Waals surface area contributed by atoms with Crippen molar-refractivity contribution in [3.63, 3.8) is 0 Å². The van der Waals surface area contributed by atoms with E-state index in [1.807, 2.05) is 0 Å². The zero-order chi connectivity index (χ0) is 13.7. The number of aromatic nitrogens is 1. The highest BCUT2D eigenvalue weighted by molar-refractivity contribution is 6.37. The molecule has 0 atom stereocenters. The third-order valence-corrected chi connectivity index (χ3v) is 3.59. The molecule has 6 heteroatoms. The van der Waals surface area contributed by atoms with Crippen LogP contribution in [0, 0.1) is 13.8 Å². The zero-order valence-electron chi connectivity index (χ0n) is 9.49. The number of alkyl halides is 3. The molecule has 18 heavy (non-hydrogen) atoms. The van der Waals surface area contributed by atoms with E-state index in [0.717, 1.165) is 5.56 Å². The molecule has 0 fully saturated rings. The van der Waals surface area contributed by atoms with Crippen LogP contribution in [0.15, 0.2) is 12.1 Å². The maximum absolute atomic E-state index is 12.8. The lowest BCUT2D eigenvalue weighted by Crippen LogP contribution is -2.11. The fourth-order valence-electron chi connectivity index (χ4n) is 1.73. The van der Waals surface area contributed by atoms with E-state index >= 15 is 0 Å². The zero-order valence-corrected chi connectivity index (χ0v) is 11.0. The number of nitrogens with zero attached hydrogens (tertiary/aromatic N) is 1. The second kappa shape index (κ2) is 4.28. The Morgan fingerprint density at radius 2 is 1.72 bits per heavy atom. The van der Waals surface area contributed by atoms with Crippen molar-refractivity contribution in [2.75, 3.05) is 0 Å². The fraction of sp³-hybridized carbons (Fsp3) is 0.250. The standard InChI is InChI=1S/C12H8Cl2F3N/c1-5-3-7-9(4-8(5)13)18-11(12(15,16)17)6(2)10(7)14/h3-4H,1-2H3. The highest BCUT2D eigenvalue weighted by atomic mass is 35.5. The summed E-state index contributed by atoms with van der Waals surface area (Å²) in [6.07, 6.45) is -4.53. The number of benzene rings is 1. The van der Waals surface area contributed by atoms with Crippen LogP contribution in [0.3, 0.4) is 0 Å². The van der Waals surface area contributed by atoms with E-state index in [0.29, 0.717) is 10.4 Å². The highest BCUT2D eigenvalue weighted by Crippen LogP contribution is 2.37. The normalized spacial score (nSPS) is 12.2. The van der Waals surface area contributed by atoms with E-state index in [1.54, 1.807) is 13.0 Å². The predicted molar refractivity (Wildman–Crippen MR) is 66.2 cm³/mol. The summed E-state index contributed by atoms with van der Waals surface area (Å²) in [5.41, 5.74) is -0.154. The topological polar surface area (TPSA) is 12.9 Å². The molecule has 0 saturated carbocycles. The Morgan fingerprint density at radius 3 is 2.28 bits per heavy atom. The first-order valence-electron chi connectivity index (χ1n) is 5.05. The Balaban J connectivity index is 2.88. The van der Waals surface area contributed by atoms with Gasteiger partial charge in [0, 0.05) is 10.4 Å². The molecule has 1 aromatic carbocycles. The van der Waals surface area contributed by atoms with Gasteiger partial charge in [-0.1, -0.05) is 23.2 Å². The van der Waals surface area contributed by atoms with Crippen LogP contribution in [0.25, 0.3) is 10.9 Å². The first-order chi connectivity index (χ1) is 8.21. The maximum atomic E-state index is 12.8. The van der Waals surface area contributed by atoms with Crippen LogP contribution in [0.5, 0.6) is 0 Å². The summed E-state index contributed by atoms with van der Waals surface area (Å²) in [6.45, 7) is 3.06. The SMILES string of the molecule is Cc1cc2c(Cl)c(C)c(C(F)(F)F)nc2cc1Cl. The van der Waals surface area contributed by atoms with Crippen molar-refractivity contribution in [2.24, 2.45) is 0 Å². The highest BCUT2D eigenvalue weighted by Gasteiger charge is 2.35. The molecule has 0 amide bonds. The molecule has 0 bridgehead atoms. The Hall–Kier alpha value is -1.00. The van der Waals surface area contributed by atoms with Gasteiger partial charge in [-0.2, -0.15) is 13.2 Å². The van der Waals surface area contributed by atoms with E-state index in [9.17, 15) is 13.2 Å². The Bertz CT molecular complexity index is 635. The van der Waals surface area contributed by atoms with Gasteiger partial charge in [0.25, 0.3) is 0 Å². The van der Waals surface area contributed by atoms with Crippen molar-refractivity contribution in [1.29, 1.82) is 0 Å². The van der Waals surface area contributed by atoms with E-state index < -0.39 is 11.9 Å². The second-order valence-electron chi connectivity index (χ2n) is 4.02. The van der Waals surface area contributed by atoms with Crippen molar-refractivity contribution in [3.8, 4) is 0 Å². The van der Waals surface area contributed by atoms with Gasteiger partial charge >= 0.3 is 6.18 Å². The summed E-state index contributed by atoms with van der Waals surface area (Å²) in [7, 11) is 0. The molecule has 1 heterocycles. The molecule has 0 aliphatic carbocycles. The van der Waals surface area contributed by atoms with Gasteiger partial charge in [0.05, 0.1) is 10.5 Å². The maximum Gasteiger partial charge on any atom is 0.433 e. The van der Waals surface area contributed by atoms with Crippen molar-refractivity contribution in [1.82, 2.24) is 4.98 Å². The van der Waals surface area contributed by atoms with Crippen molar-refractivity contribution in [2.45, 2.75) is 20.0 Å². The summed E-state index contributed by atoms with van der Waals surface area (Å²) in [5, 5.41) is 0.902. The average Bonchev–Trinajstić information content (AvgIpc) is 2.25. The van der Waals surface area contributed by atoms with Gasteiger partial charge in [-0.05, 0) is 37.1 Å². The summed E-state index contributed by atoms with van der Waals surface area (Å²) >= 11 is 11.9. The number of halogens is 5. The molecule has 2 aromatic rings. The largest absolute Gasteiger partial charge is 0.433 e. The van der Waals surface area contributed by atoms with Crippen LogP contribution in [-0.2, 0) is 6.18 Å². The molecule has 0 spiro atoms. The quantitative estimate of drug-likeness (QED) is 0.652. The minimum Gasteiger partial charge on any atom is -0.243 e. The molecule has 96 valence electrons. The summed E-state index contributed by atoms with van der Waals surface area (Å²) in [5.74, 6) is 0. The van der Waals surface area contributed by atoms with Gasteiger partial charge in [0.1, 0.15) is 5.69 Å². The minimum atomic E-state index is -4.53. The Labute approximate surface area is 112 Å².